The fourth-order valence-electron chi connectivity index (χ4n) is 2.49. The Morgan fingerprint density at radius 3 is 2.81 bits per heavy atom. The van der Waals surface area contributed by atoms with Crippen LogP contribution in [0.25, 0.3) is 0 Å². The quantitative estimate of drug-likeness (QED) is 0.909. The molecule has 0 aliphatic carbocycles. The molecule has 0 amide bonds. The summed E-state index contributed by atoms with van der Waals surface area (Å²) in [6.07, 6.45) is 2.45. The normalized spacial score (nSPS) is 18.2. The number of ether oxygens (including phenoxy) is 1. The van der Waals surface area contributed by atoms with Crippen molar-refractivity contribution in [1.82, 2.24) is 9.97 Å². The van der Waals surface area contributed by atoms with E-state index in [1.54, 1.807) is 12.5 Å². The zero-order chi connectivity index (χ0) is 15.0. The molecule has 0 spiro atoms. The minimum absolute atomic E-state index is 0.195. The van der Waals surface area contributed by atoms with Gasteiger partial charge in [-0.1, -0.05) is 12.1 Å². The van der Waals surface area contributed by atoms with Gasteiger partial charge in [-0.25, -0.2) is 9.98 Å². The summed E-state index contributed by atoms with van der Waals surface area (Å²) in [5.74, 6) is 0.649. The molecular weight excluding hydrogens is 266 g/mol. The molecule has 0 saturated carbocycles. The molecule has 1 atom stereocenters. The van der Waals surface area contributed by atoms with E-state index in [-0.39, 0.29) is 5.54 Å². The number of aliphatic hydroxyl groups is 1. The summed E-state index contributed by atoms with van der Waals surface area (Å²) in [6.45, 7) is 6.63. The predicted octanol–water partition coefficient (Wildman–Crippen LogP) is 2.36. The van der Waals surface area contributed by atoms with Crippen molar-refractivity contribution in [2.24, 2.45) is 4.99 Å². The Balaban J connectivity index is 2.00. The highest BCUT2D eigenvalue weighted by atomic mass is 16.5. The van der Waals surface area contributed by atoms with Gasteiger partial charge in [0.1, 0.15) is 12.7 Å². The second-order valence-electron chi connectivity index (χ2n) is 5.95. The third-order valence-corrected chi connectivity index (χ3v) is 3.68. The third-order valence-electron chi connectivity index (χ3n) is 3.68. The Bertz CT molecular complexity index is 675. The van der Waals surface area contributed by atoms with Gasteiger partial charge in [-0.2, -0.15) is 0 Å². The SMILES string of the molecule is Cc1c(C2=NC(C)(C)CO2)cccc1[C@H](O)c1cnc[nH]1. The number of rotatable bonds is 3. The number of aromatic nitrogens is 2. The van der Waals surface area contributed by atoms with Crippen molar-refractivity contribution in [1.29, 1.82) is 0 Å². The first-order chi connectivity index (χ1) is 9.98. The molecular formula is C16H19N3O2. The standard InChI is InChI=1S/C16H19N3O2/c1-10-11(14(20)13-7-17-9-18-13)5-4-6-12(10)15-19-16(2,3)8-21-15/h4-7,9,14,20H,8H2,1-3H3,(H,17,18)/t14-/m0/s1. The molecule has 1 aliphatic heterocycles. The van der Waals surface area contributed by atoms with Crippen molar-refractivity contribution >= 4 is 5.90 Å². The molecule has 2 N–H and O–H groups in total. The summed E-state index contributed by atoms with van der Waals surface area (Å²) >= 11 is 0. The first-order valence-corrected chi connectivity index (χ1v) is 6.97. The molecule has 5 heteroatoms. The van der Waals surface area contributed by atoms with Gasteiger partial charge in [0.15, 0.2) is 0 Å². The largest absolute Gasteiger partial charge is 0.475 e. The van der Waals surface area contributed by atoms with E-state index in [4.69, 9.17) is 4.74 Å². The van der Waals surface area contributed by atoms with E-state index in [0.29, 0.717) is 18.2 Å². The molecule has 0 saturated heterocycles. The van der Waals surface area contributed by atoms with Crippen LogP contribution in [0.4, 0.5) is 0 Å². The summed E-state index contributed by atoms with van der Waals surface area (Å²) in [5, 5.41) is 10.5. The molecule has 1 aliphatic rings. The lowest BCUT2D eigenvalue weighted by atomic mass is 9.97. The lowest BCUT2D eigenvalue weighted by Crippen LogP contribution is -2.17. The fraction of sp³-hybridized carbons (Fsp3) is 0.375. The summed E-state index contributed by atoms with van der Waals surface area (Å²) in [5.41, 5.74) is 3.20. The molecule has 0 radical (unpaired) electrons. The topological polar surface area (TPSA) is 70.5 Å². The zero-order valence-corrected chi connectivity index (χ0v) is 12.4. The number of benzene rings is 1. The lowest BCUT2D eigenvalue weighted by molar-refractivity contribution is 0.215. The molecule has 21 heavy (non-hydrogen) atoms. The Hall–Kier alpha value is -2.14. The zero-order valence-electron chi connectivity index (χ0n) is 12.4. The average Bonchev–Trinajstić information content (AvgIpc) is 3.07. The van der Waals surface area contributed by atoms with Crippen molar-refractivity contribution in [2.75, 3.05) is 6.61 Å². The van der Waals surface area contributed by atoms with Gasteiger partial charge in [-0.3, -0.25) is 0 Å². The molecule has 0 bridgehead atoms. The number of aromatic amines is 1. The van der Waals surface area contributed by atoms with Crippen LogP contribution in [-0.4, -0.2) is 33.1 Å². The van der Waals surface area contributed by atoms with Gasteiger partial charge in [0.25, 0.3) is 0 Å². The molecule has 3 rings (SSSR count). The number of nitrogens with zero attached hydrogens (tertiary/aromatic N) is 2. The first kappa shape index (κ1) is 13.8. The Morgan fingerprint density at radius 2 is 2.19 bits per heavy atom. The van der Waals surface area contributed by atoms with Gasteiger partial charge in [0.05, 0.1) is 23.8 Å². The number of hydrogen-bond donors (Lipinski definition) is 2. The minimum Gasteiger partial charge on any atom is -0.475 e. The highest BCUT2D eigenvalue weighted by Gasteiger charge is 2.28. The van der Waals surface area contributed by atoms with Gasteiger partial charge in [0, 0.05) is 5.56 Å². The average molecular weight is 285 g/mol. The van der Waals surface area contributed by atoms with Gasteiger partial charge < -0.3 is 14.8 Å². The maximum Gasteiger partial charge on any atom is 0.217 e. The van der Waals surface area contributed by atoms with E-state index < -0.39 is 6.10 Å². The van der Waals surface area contributed by atoms with E-state index in [2.05, 4.69) is 15.0 Å². The van der Waals surface area contributed by atoms with Crippen LogP contribution >= 0.6 is 0 Å². The molecule has 2 heterocycles. The second kappa shape index (κ2) is 5.00. The van der Waals surface area contributed by atoms with Crippen molar-refractivity contribution in [3.05, 3.63) is 53.1 Å². The number of aliphatic hydroxyl groups excluding tert-OH is 1. The third kappa shape index (κ3) is 2.56. The van der Waals surface area contributed by atoms with Crippen LogP contribution in [0.1, 0.15) is 42.3 Å². The number of nitrogens with one attached hydrogen (secondary N) is 1. The summed E-state index contributed by atoms with van der Waals surface area (Å²) < 4.78 is 5.71. The Morgan fingerprint density at radius 1 is 1.38 bits per heavy atom. The van der Waals surface area contributed by atoms with Gasteiger partial charge in [-0.05, 0) is 38.0 Å². The number of H-pyrrole nitrogens is 1. The van der Waals surface area contributed by atoms with Crippen LogP contribution < -0.4 is 0 Å². The molecule has 5 nitrogen and oxygen atoms in total. The smallest absolute Gasteiger partial charge is 0.217 e. The van der Waals surface area contributed by atoms with Crippen LogP contribution in [0.2, 0.25) is 0 Å². The van der Waals surface area contributed by atoms with Crippen molar-refractivity contribution in [3.8, 4) is 0 Å². The molecule has 0 fully saturated rings. The number of imidazole rings is 1. The van der Waals surface area contributed by atoms with E-state index in [1.165, 1.54) is 0 Å². The first-order valence-electron chi connectivity index (χ1n) is 6.97. The van der Waals surface area contributed by atoms with Crippen molar-refractivity contribution < 1.29 is 9.84 Å². The highest BCUT2D eigenvalue weighted by molar-refractivity contribution is 5.97. The molecule has 1 aromatic heterocycles. The lowest BCUT2D eigenvalue weighted by Gasteiger charge is -2.15. The molecule has 110 valence electrons. The maximum atomic E-state index is 10.5. The van der Waals surface area contributed by atoms with Crippen LogP contribution in [0.3, 0.4) is 0 Å². The fourth-order valence-corrected chi connectivity index (χ4v) is 2.49. The molecule has 1 aromatic carbocycles. The maximum absolute atomic E-state index is 10.5. The number of aliphatic imine (C=N–C) groups is 1. The van der Waals surface area contributed by atoms with Crippen LogP contribution in [-0.2, 0) is 4.74 Å². The summed E-state index contributed by atoms with van der Waals surface area (Å²) in [7, 11) is 0. The second-order valence-corrected chi connectivity index (χ2v) is 5.95. The summed E-state index contributed by atoms with van der Waals surface area (Å²) in [6, 6.07) is 5.79. The van der Waals surface area contributed by atoms with Crippen molar-refractivity contribution in [3.63, 3.8) is 0 Å². The van der Waals surface area contributed by atoms with Crippen molar-refractivity contribution in [2.45, 2.75) is 32.4 Å². The minimum atomic E-state index is -0.734. The highest BCUT2D eigenvalue weighted by Crippen LogP contribution is 2.28. The van der Waals surface area contributed by atoms with Crippen LogP contribution in [0.15, 0.2) is 35.7 Å². The van der Waals surface area contributed by atoms with E-state index in [9.17, 15) is 5.11 Å². The predicted molar refractivity (Wildman–Crippen MR) is 80.4 cm³/mol. The van der Waals surface area contributed by atoms with E-state index in [0.717, 1.165) is 16.7 Å². The Labute approximate surface area is 123 Å². The van der Waals surface area contributed by atoms with E-state index >= 15 is 0 Å². The van der Waals surface area contributed by atoms with Gasteiger partial charge in [0.2, 0.25) is 5.90 Å². The Kier molecular flexibility index (Phi) is 3.29. The van der Waals surface area contributed by atoms with E-state index in [1.807, 2.05) is 39.0 Å². The summed E-state index contributed by atoms with van der Waals surface area (Å²) in [4.78, 5) is 11.5. The monoisotopic (exact) mass is 285 g/mol. The van der Waals surface area contributed by atoms with Crippen LogP contribution in [0.5, 0.6) is 0 Å². The molecule has 2 aromatic rings. The van der Waals surface area contributed by atoms with Gasteiger partial charge >= 0.3 is 0 Å². The number of hydrogen-bond acceptors (Lipinski definition) is 4. The van der Waals surface area contributed by atoms with Crippen LogP contribution in [0, 0.1) is 6.92 Å². The molecule has 0 unspecified atom stereocenters. The van der Waals surface area contributed by atoms with Gasteiger partial charge in [-0.15, -0.1) is 0 Å².